The summed E-state index contributed by atoms with van der Waals surface area (Å²) in [5, 5.41) is 14.4. The fourth-order valence-corrected chi connectivity index (χ4v) is 4.66. The second-order valence-electron chi connectivity index (χ2n) is 8.33. The molecule has 0 aromatic heterocycles. The second kappa shape index (κ2) is 12.8. The van der Waals surface area contributed by atoms with E-state index in [2.05, 4.69) is 16.9 Å². The third kappa shape index (κ3) is 7.05. The Morgan fingerprint density at radius 1 is 1.13 bits per heavy atom. The first-order valence-corrected chi connectivity index (χ1v) is 12.9. The first-order chi connectivity index (χ1) is 18.9. The highest BCUT2D eigenvalue weighted by atomic mass is 32.2. The number of amides is 1. The molecule has 0 saturated carbocycles. The summed E-state index contributed by atoms with van der Waals surface area (Å²) < 4.78 is 17.2. The number of benzene rings is 3. The van der Waals surface area contributed by atoms with Gasteiger partial charge in [0.2, 0.25) is 0 Å². The van der Waals surface area contributed by atoms with E-state index in [1.807, 2.05) is 25.1 Å². The molecule has 1 saturated heterocycles. The zero-order valence-electron chi connectivity index (χ0n) is 21.5. The average Bonchev–Trinajstić information content (AvgIpc) is 3.27. The molecule has 0 unspecified atom stereocenters. The Balaban J connectivity index is 1.60. The SMILES string of the molecule is C=CCc1cc(/C=C2/SC(=Nc3ccc(OC)cc3)NC2=O)cc(OCC)c1OCc1cccc([N+](=O)[O-])c1. The molecule has 1 aliphatic rings. The molecule has 1 fully saturated rings. The highest BCUT2D eigenvalue weighted by molar-refractivity contribution is 8.18. The number of nitro groups is 1. The lowest BCUT2D eigenvalue weighted by Crippen LogP contribution is -2.19. The van der Waals surface area contributed by atoms with Crippen LogP contribution in [0.15, 0.2) is 83.2 Å². The highest BCUT2D eigenvalue weighted by Gasteiger charge is 2.24. The van der Waals surface area contributed by atoms with Crippen LogP contribution in [-0.2, 0) is 17.8 Å². The van der Waals surface area contributed by atoms with Gasteiger partial charge in [-0.1, -0.05) is 18.2 Å². The monoisotopic (exact) mass is 545 g/mol. The quantitative estimate of drug-likeness (QED) is 0.132. The Kier molecular flexibility index (Phi) is 9.01. The molecule has 1 aliphatic heterocycles. The summed E-state index contributed by atoms with van der Waals surface area (Å²) >= 11 is 1.24. The van der Waals surface area contributed by atoms with Crippen LogP contribution in [-0.4, -0.2) is 29.7 Å². The van der Waals surface area contributed by atoms with E-state index in [1.54, 1.807) is 49.6 Å². The van der Waals surface area contributed by atoms with E-state index in [0.29, 0.717) is 45.9 Å². The van der Waals surface area contributed by atoms with Crippen molar-refractivity contribution in [2.75, 3.05) is 13.7 Å². The first kappa shape index (κ1) is 27.5. The fourth-order valence-electron chi connectivity index (χ4n) is 3.82. The third-order valence-electron chi connectivity index (χ3n) is 5.57. The molecule has 200 valence electrons. The summed E-state index contributed by atoms with van der Waals surface area (Å²) in [6.45, 7) is 6.23. The molecular formula is C29H27N3O6S. The maximum atomic E-state index is 12.7. The van der Waals surface area contributed by atoms with Crippen LogP contribution in [0.3, 0.4) is 0 Å². The molecule has 9 nitrogen and oxygen atoms in total. The summed E-state index contributed by atoms with van der Waals surface area (Å²) in [5.41, 5.74) is 2.91. The number of methoxy groups -OCH3 is 1. The van der Waals surface area contributed by atoms with Crippen LogP contribution < -0.4 is 19.5 Å². The lowest BCUT2D eigenvalue weighted by molar-refractivity contribution is -0.384. The Morgan fingerprint density at radius 3 is 2.62 bits per heavy atom. The highest BCUT2D eigenvalue weighted by Crippen LogP contribution is 2.37. The number of hydrogen-bond donors (Lipinski definition) is 1. The Morgan fingerprint density at radius 2 is 1.92 bits per heavy atom. The van der Waals surface area contributed by atoms with Crippen molar-refractivity contribution in [2.45, 2.75) is 20.0 Å². The van der Waals surface area contributed by atoms with Gasteiger partial charge in [0, 0.05) is 17.7 Å². The zero-order valence-corrected chi connectivity index (χ0v) is 22.3. The van der Waals surface area contributed by atoms with E-state index >= 15 is 0 Å². The number of hydrogen-bond acceptors (Lipinski definition) is 8. The normalized spacial score (nSPS) is 14.8. The van der Waals surface area contributed by atoms with Gasteiger partial charge < -0.3 is 19.5 Å². The number of non-ortho nitro benzene ring substituents is 1. The number of thioether (sulfide) groups is 1. The predicted octanol–water partition coefficient (Wildman–Crippen LogP) is 6.20. The molecule has 0 spiro atoms. The Labute approximate surface area is 230 Å². The number of aliphatic imine (C=N–C) groups is 1. The van der Waals surface area contributed by atoms with Crippen LogP contribution in [0.2, 0.25) is 0 Å². The number of nitro benzene ring substituents is 1. The number of rotatable bonds is 11. The molecule has 1 heterocycles. The molecule has 1 N–H and O–H groups in total. The molecule has 4 rings (SSSR count). The molecular weight excluding hydrogens is 518 g/mol. The molecule has 3 aromatic carbocycles. The van der Waals surface area contributed by atoms with E-state index in [1.165, 1.54) is 23.9 Å². The Hall–Kier alpha value is -4.57. The van der Waals surface area contributed by atoms with Crippen LogP contribution in [0.4, 0.5) is 11.4 Å². The number of allylic oxidation sites excluding steroid dienone is 1. The standard InChI is InChI=1S/C29H27N3O6S/c1-4-7-21-14-20(17-26-28(33)31-29(39-26)30-22-10-12-24(36-3)13-11-22)16-25(37-5-2)27(21)38-18-19-8-6-9-23(15-19)32(34)35/h4,6,8-17H,1,5,7,18H2,2-3H3,(H,30,31,33)/b26-17+. The summed E-state index contributed by atoms with van der Waals surface area (Å²) in [5.74, 6) is 1.50. The minimum absolute atomic E-state index is 0.00309. The topological polar surface area (TPSA) is 112 Å². The number of nitrogens with zero attached hydrogens (tertiary/aromatic N) is 2. The van der Waals surface area contributed by atoms with E-state index in [9.17, 15) is 14.9 Å². The summed E-state index contributed by atoms with van der Waals surface area (Å²) in [6, 6.07) is 17.2. The van der Waals surface area contributed by atoms with Crippen LogP contribution in [0.1, 0.15) is 23.6 Å². The number of nitrogens with one attached hydrogen (secondary N) is 1. The van der Waals surface area contributed by atoms with E-state index < -0.39 is 4.92 Å². The maximum Gasteiger partial charge on any atom is 0.269 e. The van der Waals surface area contributed by atoms with Crippen molar-refractivity contribution in [1.29, 1.82) is 0 Å². The fraction of sp³-hybridized carbons (Fsp3) is 0.172. The summed E-state index contributed by atoms with van der Waals surface area (Å²) in [4.78, 5) is 28.4. The first-order valence-electron chi connectivity index (χ1n) is 12.1. The average molecular weight is 546 g/mol. The maximum absolute atomic E-state index is 12.7. The van der Waals surface area contributed by atoms with Gasteiger partial charge in [-0.25, -0.2) is 4.99 Å². The van der Waals surface area contributed by atoms with Crippen LogP contribution in [0.25, 0.3) is 6.08 Å². The van der Waals surface area contributed by atoms with Crippen LogP contribution >= 0.6 is 11.8 Å². The molecule has 10 heteroatoms. The minimum Gasteiger partial charge on any atom is -0.497 e. The largest absolute Gasteiger partial charge is 0.497 e. The molecule has 0 bridgehead atoms. The van der Waals surface area contributed by atoms with Crippen molar-refractivity contribution < 1.29 is 23.9 Å². The van der Waals surface area contributed by atoms with Gasteiger partial charge in [-0.2, -0.15) is 0 Å². The van der Waals surface area contributed by atoms with Crippen molar-refractivity contribution >= 4 is 40.3 Å². The smallest absolute Gasteiger partial charge is 0.269 e. The molecule has 0 radical (unpaired) electrons. The van der Waals surface area contributed by atoms with Crippen molar-refractivity contribution in [2.24, 2.45) is 4.99 Å². The van der Waals surface area contributed by atoms with Crippen molar-refractivity contribution in [3.63, 3.8) is 0 Å². The number of carbonyl (C=O) groups is 1. The van der Waals surface area contributed by atoms with Gasteiger partial charge in [0.05, 0.1) is 29.2 Å². The van der Waals surface area contributed by atoms with Crippen LogP contribution in [0.5, 0.6) is 17.2 Å². The molecule has 3 aromatic rings. The van der Waals surface area contributed by atoms with E-state index in [-0.39, 0.29) is 18.2 Å². The van der Waals surface area contributed by atoms with Crippen molar-refractivity contribution in [1.82, 2.24) is 5.32 Å². The molecule has 1 amide bonds. The van der Waals surface area contributed by atoms with Gasteiger partial charge >= 0.3 is 0 Å². The van der Waals surface area contributed by atoms with Gasteiger partial charge in [-0.05, 0) is 78.7 Å². The van der Waals surface area contributed by atoms with Gasteiger partial charge in [-0.15, -0.1) is 6.58 Å². The minimum atomic E-state index is -0.440. The van der Waals surface area contributed by atoms with Gasteiger partial charge in [0.1, 0.15) is 12.4 Å². The lowest BCUT2D eigenvalue weighted by atomic mass is 10.0. The second-order valence-corrected chi connectivity index (χ2v) is 9.36. The molecule has 0 atom stereocenters. The Bertz CT molecular complexity index is 1450. The van der Waals surface area contributed by atoms with Gasteiger partial charge in [0.15, 0.2) is 16.7 Å². The predicted molar refractivity (Wildman–Crippen MR) is 153 cm³/mol. The molecule has 0 aliphatic carbocycles. The van der Waals surface area contributed by atoms with Gasteiger partial charge in [0.25, 0.3) is 11.6 Å². The van der Waals surface area contributed by atoms with Crippen molar-refractivity contribution in [3.8, 4) is 17.2 Å². The van der Waals surface area contributed by atoms with Crippen LogP contribution in [0, 0.1) is 10.1 Å². The number of amidine groups is 1. The lowest BCUT2D eigenvalue weighted by Gasteiger charge is -2.17. The number of ether oxygens (including phenoxy) is 3. The summed E-state index contributed by atoms with van der Waals surface area (Å²) in [6.07, 6.45) is 4.01. The van der Waals surface area contributed by atoms with Crippen molar-refractivity contribution in [3.05, 3.63) is 105 Å². The van der Waals surface area contributed by atoms with E-state index in [4.69, 9.17) is 14.2 Å². The number of carbonyl (C=O) groups excluding carboxylic acids is 1. The third-order valence-corrected chi connectivity index (χ3v) is 6.48. The van der Waals surface area contributed by atoms with E-state index in [0.717, 1.165) is 16.9 Å². The zero-order chi connectivity index (χ0) is 27.8. The van der Waals surface area contributed by atoms with Gasteiger partial charge in [-0.3, -0.25) is 14.9 Å². The summed E-state index contributed by atoms with van der Waals surface area (Å²) in [7, 11) is 1.60. The molecule has 39 heavy (non-hydrogen) atoms.